The number of guanidine groups is 1. The second-order valence-corrected chi connectivity index (χ2v) is 3.42. The quantitative estimate of drug-likeness (QED) is 0.306. The molecule has 0 aromatic heterocycles. The van der Waals surface area contributed by atoms with E-state index in [4.69, 9.17) is 5.41 Å². The molecule has 2 amide bonds. The van der Waals surface area contributed by atoms with Crippen LogP contribution in [-0.4, -0.2) is 25.6 Å². The zero-order valence-electron chi connectivity index (χ0n) is 9.65. The van der Waals surface area contributed by atoms with Gasteiger partial charge in [0.15, 0.2) is 5.96 Å². The average molecular weight is 214 g/mol. The fourth-order valence-electron chi connectivity index (χ4n) is 1.16. The van der Waals surface area contributed by atoms with Crippen LogP contribution in [0.3, 0.4) is 0 Å². The van der Waals surface area contributed by atoms with Gasteiger partial charge in [-0.2, -0.15) is 0 Å². The van der Waals surface area contributed by atoms with Gasteiger partial charge in [-0.05, 0) is 6.42 Å². The van der Waals surface area contributed by atoms with E-state index < -0.39 is 0 Å². The molecule has 0 aliphatic heterocycles. The fraction of sp³-hybridized carbons (Fsp3) is 0.800. The summed E-state index contributed by atoms with van der Waals surface area (Å²) in [6, 6.07) is -0.363. The third-order valence-electron chi connectivity index (χ3n) is 2.05. The number of urea groups is 1. The van der Waals surface area contributed by atoms with E-state index >= 15 is 0 Å². The van der Waals surface area contributed by atoms with Gasteiger partial charge in [-0.1, -0.05) is 32.6 Å². The molecule has 0 fully saturated rings. The number of hydrogen-bond donors (Lipinski definition) is 4. The van der Waals surface area contributed by atoms with Crippen LogP contribution in [0.5, 0.6) is 0 Å². The number of unbranched alkanes of at least 4 members (excludes halogenated alkanes) is 4. The highest BCUT2D eigenvalue weighted by Gasteiger charge is 1.99. The Balaban J connectivity index is 3.28. The summed E-state index contributed by atoms with van der Waals surface area (Å²) in [5, 5.41) is 14.9. The van der Waals surface area contributed by atoms with Crippen LogP contribution in [0.4, 0.5) is 4.79 Å². The van der Waals surface area contributed by atoms with E-state index in [2.05, 4.69) is 22.9 Å². The highest BCUT2D eigenvalue weighted by atomic mass is 16.2. The Morgan fingerprint density at radius 3 is 2.47 bits per heavy atom. The third-order valence-corrected chi connectivity index (χ3v) is 2.05. The molecule has 4 N–H and O–H groups in total. The lowest BCUT2D eigenvalue weighted by molar-refractivity contribution is 0.247. The van der Waals surface area contributed by atoms with Crippen LogP contribution < -0.4 is 16.0 Å². The number of carbonyl (C=O) groups is 1. The van der Waals surface area contributed by atoms with Gasteiger partial charge in [0, 0.05) is 13.6 Å². The molecule has 5 nitrogen and oxygen atoms in total. The summed E-state index contributed by atoms with van der Waals surface area (Å²) in [5.74, 6) is 0.0600. The first-order valence-electron chi connectivity index (χ1n) is 5.51. The molecule has 0 saturated heterocycles. The minimum absolute atomic E-state index is 0.0600. The largest absolute Gasteiger partial charge is 0.356 e. The van der Waals surface area contributed by atoms with E-state index in [-0.39, 0.29) is 12.0 Å². The molecule has 0 aromatic rings. The van der Waals surface area contributed by atoms with Gasteiger partial charge in [-0.15, -0.1) is 0 Å². The van der Waals surface area contributed by atoms with E-state index in [1.54, 1.807) is 0 Å². The maximum Gasteiger partial charge on any atom is 0.321 e. The highest BCUT2D eigenvalue weighted by molar-refractivity contribution is 5.94. The molecular formula is C10H22N4O. The SMILES string of the molecule is CCCCCCCNC(=N)NC(=O)NC. The van der Waals surface area contributed by atoms with Crippen molar-refractivity contribution in [3.8, 4) is 0 Å². The van der Waals surface area contributed by atoms with Crippen molar-refractivity contribution in [2.24, 2.45) is 0 Å². The fourth-order valence-corrected chi connectivity index (χ4v) is 1.16. The van der Waals surface area contributed by atoms with Crippen molar-refractivity contribution in [2.45, 2.75) is 39.0 Å². The second kappa shape index (κ2) is 9.30. The van der Waals surface area contributed by atoms with Crippen LogP contribution in [0.15, 0.2) is 0 Å². The summed E-state index contributed by atoms with van der Waals surface area (Å²) in [5.41, 5.74) is 0. The van der Waals surface area contributed by atoms with Gasteiger partial charge >= 0.3 is 6.03 Å². The van der Waals surface area contributed by atoms with Crippen molar-refractivity contribution in [1.82, 2.24) is 16.0 Å². The third kappa shape index (κ3) is 9.05. The lowest BCUT2D eigenvalue weighted by Gasteiger charge is -2.08. The standard InChI is InChI=1S/C10H22N4O/c1-3-4-5-6-7-8-13-9(11)14-10(15)12-2/h3-8H2,1-2H3,(H4,11,12,13,14,15). The molecule has 0 saturated carbocycles. The van der Waals surface area contributed by atoms with Crippen molar-refractivity contribution in [2.75, 3.05) is 13.6 Å². The molecular weight excluding hydrogens is 192 g/mol. The van der Waals surface area contributed by atoms with E-state index in [0.717, 1.165) is 13.0 Å². The Kier molecular flexibility index (Phi) is 8.52. The average Bonchev–Trinajstić information content (AvgIpc) is 2.23. The highest BCUT2D eigenvalue weighted by Crippen LogP contribution is 2.00. The van der Waals surface area contributed by atoms with Crippen LogP contribution in [0, 0.1) is 5.41 Å². The number of rotatable bonds is 6. The van der Waals surface area contributed by atoms with Gasteiger partial charge in [0.2, 0.25) is 0 Å². The first kappa shape index (κ1) is 13.7. The number of amides is 2. The Labute approximate surface area is 91.5 Å². The second-order valence-electron chi connectivity index (χ2n) is 3.42. The monoisotopic (exact) mass is 214 g/mol. The van der Waals surface area contributed by atoms with Gasteiger partial charge in [-0.25, -0.2) is 4.79 Å². The van der Waals surface area contributed by atoms with Crippen molar-refractivity contribution < 1.29 is 4.79 Å². The lowest BCUT2D eigenvalue weighted by Crippen LogP contribution is -2.44. The summed E-state index contributed by atoms with van der Waals surface area (Å²) in [6.45, 7) is 2.92. The zero-order valence-corrected chi connectivity index (χ0v) is 9.65. The van der Waals surface area contributed by atoms with E-state index in [1.165, 1.54) is 32.7 Å². The summed E-state index contributed by atoms with van der Waals surface area (Å²) in [4.78, 5) is 10.8. The van der Waals surface area contributed by atoms with E-state index in [1.807, 2.05) is 0 Å². The summed E-state index contributed by atoms with van der Waals surface area (Å²) >= 11 is 0. The first-order valence-corrected chi connectivity index (χ1v) is 5.51. The molecule has 88 valence electrons. The minimum Gasteiger partial charge on any atom is -0.356 e. The first-order chi connectivity index (χ1) is 7.20. The van der Waals surface area contributed by atoms with Gasteiger partial charge in [0.05, 0.1) is 0 Å². The lowest BCUT2D eigenvalue weighted by atomic mass is 10.1. The molecule has 0 spiro atoms. The summed E-state index contributed by atoms with van der Waals surface area (Å²) in [7, 11) is 1.52. The zero-order chi connectivity index (χ0) is 11.5. The summed E-state index contributed by atoms with van der Waals surface area (Å²) in [6.07, 6.45) is 5.97. The smallest absolute Gasteiger partial charge is 0.321 e. The molecule has 0 bridgehead atoms. The molecule has 0 unspecified atom stereocenters. The normalized spacial score (nSPS) is 9.47. The number of hydrogen-bond acceptors (Lipinski definition) is 2. The van der Waals surface area contributed by atoms with Crippen LogP contribution in [0.2, 0.25) is 0 Å². The van der Waals surface area contributed by atoms with Gasteiger partial charge in [0.25, 0.3) is 0 Å². The van der Waals surface area contributed by atoms with Gasteiger partial charge in [0.1, 0.15) is 0 Å². The Morgan fingerprint density at radius 2 is 1.87 bits per heavy atom. The van der Waals surface area contributed by atoms with Crippen LogP contribution in [-0.2, 0) is 0 Å². The Hall–Kier alpha value is -1.26. The molecule has 5 heteroatoms. The number of carbonyl (C=O) groups excluding carboxylic acids is 1. The molecule has 0 radical (unpaired) electrons. The molecule has 0 heterocycles. The van der Waals surface area contributed by atoms with Crippen molar-refractivity contribution in [3.63, 3.8) is 0 Å². The molecule has 0 atom stereocenters. The molecule has 0 aliphatic rings. The molecule has 0 aliphatic carbocycles. The topological polar surface area (TPSA) is 77.0 Å². The van der Waals surface area contributed by atoms with Crippen LogP contribution in [0.25, 0.3) is 0 Å². The van der Waals surface area contributed by atoms with Crippen molar-refractivity contribution >= 4 is 12.0 Å². The summed E-state index contributed by atoms with van der Waals surface area (Å²) < 4.78 is 0. The Bertz CT molecular complexity index is 194. The van der Waals surface area contributed by atoms with Gasteiger partial charge < -0.3 is 10.6 Å². The van der Waals surface area contributed by atoms with E-state index in [0.29, 0.717) is 0 Å². The van der Waals surface area contributed by atoms with Crippen molar-refractivity contribution in [1.29, 1.82) is 5.41 Å². The van der Waals surface area contributed by atoms with Crippen LogP contribution >= 0.6 is 0 Å². The van der Waals surface area contributed by atoms with Crippen molar-refractivity contribution in [3.05, 3.63) is 0 Å². The van der Waals surface area contributed by atoms with Crippen LogP contribution in [0.1, 0.15) is 39.0 Å². The maximum atomic E-state index is 10.8. The Morgan fingerprint density at radius 1 is 1.20 bits per heavy atom. The maximum absolute atomic E-state index is 10.8. The van der Waals surface area contributed by atoms with E-state index in [9.17, 15) is 4.79 Å². The van der Waals surface area contributed by atoms with Gasteiger partial charge in [-0.3, -0.25) is 10.7 Å². The molecule has 0 aromatic carbocycles. The predicted octanol–water partition coefficient (Wildman–Crippen LogP) is 1.41. The number of nitrogens with one attached hydrogen (secondary N) is 4. The predicted molar refractivity (Wildman–Crippen MR) is 62.1 cm³/mol. The molecule has 0 rings (SSSR count). The molecule has 15 heavy (non-hydrogen) atoms. The minimum atomic E-state index is -0.363.